The van der Waals surface area contributed by atoms with Crippen LogP contribution in [0.3, 0.4) is 0 Å². The maximum Gasteiger partial charge on any atom is 0.0683 e. The van der Waals surface area contributed by atoms with Crippen molar-refractivity contribution < 1.29 is 0 Å². The molecule has 3 heteroatoms. The average Bonchev–Trinajstić information content (AvgIpc) is 2.88. The van der Waals surface area contributed by atoms with Gasteiger partial charge in [0.1, 0.15) is 0 Å². The molecule has 0 fully saturated rings. The van der Waals surface area contributed by atoms with Crippen molar-refractivity contribution in [2.24, 2.45) is 5.41 Å². The van der Waals surface area contributed by atoms with Crippen molar-refractivity contribution in [2.75, 3.05) is 0 Å². The van der Waals surface area contributed by atoms with E-state index in [4.69, 9.17) is 5.26 Å². The molecule has 0 spiro atoms. The summed E-state index contributed by atoms with van der Waals surface area (Å²) in [6, 6.07) is 12.6. The molecule has 1 heterocycles. The second-order valence-electron chi connectivity index (χ2n) is 5.46. The van der Waals surface area contributed by atoms with E-state index in [-0.39, 0.29) is 5.41 Å². The van der Waals surface area contributed by atoms with Crippen LogP contribution in [0.1, 0.15) is 26.7 Å². The van der Waals surface area contributed by atoms with E-state index in [1.807, 2.05) is 42.9 Å². The Balaban J connectivity index is 1.94. The van der Waals surface area contributed by atoms with Gasteiger partial charge in [-0.3, -0.25) is 4.68 Å². The maximum absolute atomic E-state index is 8.97. The van der Waals surface area contributed by atoms with Crippen LogP contribution in [0.25, 0.3) is 11.1 Å². The third-order valence-electron chi connectivity index (χ3n) is 3.23. The molecule has 0 aliphatic rings. The lowest BCUT2D eigenvalue weighted by molar-refractivity contribution is 0.407. The molecule has 0 atom stereocenters. The average molecular weight is 253 g/mol. The van der Waals surface area contributed by atoms with Gasteiger partial charge in [-0.1, -0.05) is 30.3 Å². The molecule has 1 aromatic carbocycles. The zero-order chi connectivity index (χ0) is 13.7. The quantitative estimate of drug-likeness (QED) is 0.811. The minimum Gasteiger partial charge on any atom is -0.272 e. The summed E-state index contributed by atoms with van der Waals surface area (Å²) in [6.45, 7) is 4.81. The zero-order valence-electron chi connectivity index (χ0n) is 11.5. The molecule has 0 amide bonds. The van der Waals surface area contributed by atoms with Gasteiger partial charge in [-0.15, -0.1) is 0 Å². The lowest BCUT2D eigenvalue weighted by atomic mass is 9.90. The van der Waals surface area contributed by atoms with Crippen LogP contribution in [0.15, 0.2) is 42.7 Å². The smallest absolute Gasteiger partial charge is 0.0683 e. The molecule has 0 saturated carbocycles. The van der Waals surface area contributed by atoms with Gasteiger partial charge in [-0.05, 0) is 32.3 Å². The highest BCUT2D eigenvalue weighted by Gasteiger charge is 2.15. The van der Waals surface area contributed by atoms with Crippen LogP contribution in [0.4, 0.5) is 0 Å². The van der Waals surface area contributed by atoms with Gasteiger partial charge in [0.25, 0.3) is 0 Å². The molecule has 0 unspecified atom stereocenters. The molecule has 19 heavy (non-hydrogen) atoms. The summed E-state index contributed by atoms with van der Waals surface area (Å²) in [5, 5.41) is 13.3. The first-order valence-corrected chi connectivity index (χ1v) is 6.60. The summed E-state index contributed by atoms with van der Waals surface area (Å²) in [6.07, 6.45) is 5.82. The highest BCUT2D eigenvalue weighted by Crippen LogP contribution is 2.22. The Hall–Kier alpha value is -2.08. The molecule has 0 radical (unpaired) electrons. The zero-order valence-corrected chi connectivity index (χ0v) is 11.5. The Morgan fingerprint density at radius 3 is 2.63 bits per heavy atom. The maximum atomic E-state index is 8.97. The van der Waals surface area contributed by atoms with Crippen molar-refractivity contribution in [1.29, 1.82) is 5.26 Å². The SMILES string of the molecule is CC(C)(C#N)CCCn1cc(-c2ccccc2)cn1. The van der Waals surface area contributed by atoms with Gasteiger partial charge >= 0.3 is 0 Å². The molecule has 98 valence electrons. The molecule has 0 N–H and O–H groups in total. The van der Waals surface area contributed by atoms with E-state index in [2.05, 4.69) is 29.5 Å². The minimum atomic E-state index is -0.241. The number of nitrogens with zero attached hydrogens (tertiary/aromatic N) is 3. The van der Waals surface area contributed by atoms with Crippen LogP contribution in [-0.2, 0) is 6.54 Å². The Labute approximate surface area is 114 Å². The summed E-state index contributed by atoms with van der Waals surface area (Å²) in [5.74, 6) is 0. The molecular weight excluding hydrogens is 234 g/mol. The van der Waals surface area contributed by atoms with Gasteiger partial charge in [0.15, 0.2) is 0 Å². The first-order chi connectivity index (χ1) is 9.11. The van der Waals surface area contributed by atoms with E-state index in [0.717, 1.165) is 24.9 Å². The van der Waals surface area contributed by atoms with E-state index in [1.165, 1.54) is 5.56 Å². The molecular formula is C16H19N3. The fourth-order valence-corrected chi connectivity index (χ4v) is 2.00. The largest absolute Gasteiger partial charge is 0.272 e. The third-order valence-corrected chi connectivity index (χ3v) is 3.23. The predicted molar refractivity (Wildman–Crippen MR) is 76.3 cm³/mol. The number of hydrogen-bond acceptors (Lipinski definition) is 2. The summed E-state index contributed by atoms with van der Waals surface area (Å²) in [7, 11) is 0. The van der Waals surface area contributed by atoms with Crippen molar-refractivity contribution in [3.8, 4) is 17.2 Å². The van der Waals surface area contributed by atoms with Gasteiger partial charge in [0.2, 0.25) is 0 Å². The number of aromatic nitrogens is 2. The van der Waals surface area contributed by atoms with Gasteiger partial charge in [0, 0.05) is 18.3 Å². The monoisotopic (exact) mass is 253 g/mol. The molecule has 0 bridgehead atoms. The highest BCUT2D eigenvalue weighted by atomic mass is 15.3. The van der Waals surface area contributed by atoms with E-state index in [9.17, 15) is 0 Å². The summed E-state index contributed by atoms with van der Waals surface area (Å²) in [4.78, 5) is 0. The predicted octanol–water partition coefficient (Wildman–Crippen LogP) is 3.88. The Bertz CT molecular complexity index is 561. The van der Waals surface area contributed by atoms with E-state index in [0.29, 0.717) is 0 Å². The molecule has 0 saturated heterocycles. The second-order valence-corrected chi connectivity index (χ2v) is 5.46. The number of benzene rings is 1. The first-order valence-electron chi connectivity index (χ1n) is 6.60. The number of rotatable bonds is 5. The van der Waals surface area contributed by atoms with Crippen LogP contribution in [-0.4, -0.2) is 9.78 Å². The van der Waals surface area contributed by atoms with Crippen molar-refractivity contribution in [2.45, 2.75) is 33.2 Å². The summed E-state index contributed by atoms with van der Waals surface area (Å²) < 4.78 is 1.95. The van der Waals surface area contributed by atoms with Gasteiger partial charge in [-0.25, -0.2) is 0 Å². The third kappa shape index (κ3) is 3.69. The summed E-state index contributed by atoms with van der Waals surface area (Å²) >= 11 is 0. The molecule has 3 nitrogen and oxygen atoms in total. The Morgan fingerprint density at radius 1 is 1.21 bits per heavy atom. The second kappa shape index (κ2) is 5.71. The molecule has 0 aliphatic heterocycles. The van der Waals surface area contributed by atoms with Crippen molar-refractivity contribution in [3.05, 3.63) is 42.7 Å². The van der Waals surface area contributed by atoms with Gasteiger partial charge < -0.3 is 0 Å². The van der Waals surface area contributed by atoms with Crippen molar-refractivity contribution >= 4 is 0 Å². The van der Waals surface area contributed by atoms with Crippen molar-refractivity contribution in [3.63, 3.8) is 0 Å². The van der Waals surface area contributed by atoms with Gasteiger partial charge in [0.05, 0.1) is 17.7 Å². The number of hydrogen-bond donors (Lipinski definition) is 0. The topological polar surface area (TPSA) is 41.6 Å². The van der Waals surface area contributed by atoms with Gasteiger partial charge in [-0.2, -0.15) is 10.4 Å². The minimum absolute atomic E-state index is 0.241. The van der Waals surface area contributed by atoms with E-state index in [1.54, 1.807) is 0 Å². The Kier molecular flexibility index (Phi) is 4.01. The van der Waals surface area contributed by atoms with Crippen LogP contribution < -0.4 is 0 Å². The van der Waals surface area contributed by atoms with Crippen LogP contribution in [0.2, 0.25) is 0 Å². The fraction of sp³-hybridized carbons (Fsp3) is 0.375. The normalized spacial score (nSPS) is 11.2. The van der Waals surface area contributed by atoms with Crippen LogP contribution in [0, 0.1) is 16.7 Å². The number of nitriles is 1. The molecule has 2 rings (SSSR count). The van der Waals surface area contributed by atoms with Crippen LogP contribution in [0.5, 0.6) is 0 Å². The standard InChI is InChI=1S/C16H19N3/c1-16(2,13-17)9-6-10-19-12-15(11-18-19)14-7-4-3-5-8-14/h3-5,7-8,11-12H,6,9-10H2,1-2H3. The first kappa shape index (κ1) is 13.4. The number of aryl methyl sites for hydroxylation is 1. The highest BCUT2D eigenvalue weighted by molar-refractivity contribution is 5.61. The molecule has 1 aromatic heterocycles. The van der Waals surface area contributed by atoms with E-state index < -0.39 is 0 Å². The van der Waals surface area contributed by atoms with E-state index >= 15 is 0 Å². The van der Waals surface area contributed by atoms with Crippen molar-refractivity contribution in [1.82, 2.24) is 9.78 Å². The summed E-state index contributed by atoms with van der Waals surface area (Å²) in [5.41, 5.74) is 2.08. The Morgan fingerprint density at radius 2 is 1.95 bits per heavy atom. The fourth-order valence-electron chi connectivity index (χ4n) is 2.00. The lowest BCUT2D eigenvalue weighted by Crippen LogP contribution is -2.09. The molecule has 0 aliphatic carbocycles. The molecule has 2 aromatic rings. The van der Waals surface area contributed by atoms with Crippen LogP contribution >= 0.6 is 0 Å². The lowest BCUT2D eigenvalue weighted by Gasteiger charge is -2.14.